The molecule has 0 radical (unpaired) electrons. The first-order chi connectivity index (χ1) is 8.70. The monoisotopic (exact) mass is 286 g/mol. The molecule has 19 heavy (non-hydrogen) atoms. The SMILES string of the molecule is CN(CCC(=O)O)C(=O)Nc1nc(C(C)(C)C)ns1. The van der Waals surface area contributed by atoms with Crippen molar-refractivity contribution in [2.75, 3.05) is 18.9 Å². The van der Waals surface area contributed by atoms with E-state index in [2.05, 4.69) is 14.7 Å². The molecule has 1 rings (SSSR count). The van der Waals surface area contributed by atoms with E-state index in [-0.39, 0.29) is 18.4 Å². The Morgan fingerprint density at radius 1 is 1.42 bits per heavy atom. The van der Waals surface area contributed by atoms with E-state index in [1.165, 1.54) is 11.9 Å². The van der Waals surface area contributed by atoms with Crippen LogP contribution in [0.4, 0.5) is 9.93 Å². The van der Waals surface area contributed by atoms with Crippen molar-refractivity contribution in [3.63, 3.8) is 0 Å². The highest BCUT2D eigenvalue weighted by Gasteiger charge is 2.20. The molecule has 0 unspecified atom stereocenters. The summed E-state index contributed by atoms with van der Waals surface area (Å²) in [5.74, 6) is -0.272. The second-order valence-electron chi connectivity index (χ2n) is 5.17. The molecule has 0 saturated carbocycles. The Morgan fingerprint density at radius 3 is 2.53 bits per heavy atom. The van der Waals surface area contributed by atoms with Gasteiger partial charge in [-0.25, -0.2) is 9.78 Å². The number of carboxylic acid groups (broad SMARTS) is 1. The fourth-order valence-electron chi connectivity index (χ4n) is 1.13. The first kappa shape index (κ1) is 15.4. The van der Waals surface area contributed by atoms with E-state index in [0.717, 1.165) is 11.5 Å². The van der Waals surface area contributed by atoms with Crippen molar-refractivity contribution in [2.24, 2.45) is 0 Å². The molecule has 0 bridgehead atoms. The van der Waals surface area contributed by atoms with Gasteiger partial charge >= 0.3 is 12.0 Å². The smallest absolute Gasteiger partial charge is 0.323 e. The van der Waals surface area contributed by atoms with Crippen LogP contribution < -0.4 is 5.32 Å². The Balaban J connectivity index is 2.57. The Morgan fingerprint density at radius 2 is 2.05 bits per heavy atom. The quantitative estimate of drug-likeness (QED) is 0.879. The second kappa shape index (κ2) is 5.96. The molecule has 0 fully saturated rings. The van der Waals surface area contributed by atoms with Gasteiger partial charge in [-0.1, -0.05) is 20.8 Å². The third-order valence-corrected chi connectivity index (χ3v) is 2.95. The average Bonchev–Trinajstić information content (AvgIpc) is 2.73. The third kappa shape index (κ3) is 4.82. The molecular weight excluding hydrogens is 268 g/mol. The van der Waals surface area contributed by atoms with Crippen LogP contribution in [-0.4, -0.2) is 45.0 Å². The van der Waals surface area contributed by atoms with E-state index >= 15 is 0 Å². The lowest BCUT2D eigenvalue weighted by molar-refractivity contribution is -0.137. The summed E-state index contributed by atoms with van der Waals surface area (Å²) in [5, 5.41) is 11.6. The molecule has 0 aromatic carbocycles. The molecule has 0 atom stereocenters. The largest absolute Gasteiger partial charge is 0.481 e. The summed E-state index contributed by atoms with van der Waals surface area (Å²) in [6.45, 7) is 6.10. The number of carbonyl (C=O) groups is 2. The van der Waals surface area contributed by atoms with Gasteiger partial charge in [0.1, 0.15) is 5.82 Å². The Hall–Kier alpha value is -1.70. The third-order valence-electron chi connectivity index (χ3n) is 2.32. The van der Waals surface area contributed by atoms with Gasteiger partial charge in [0.05, 0.1) is 6.42 Å². The van der Waals surface area contributed by atoms with Crippen LogP contribution in [0.5, 0.6) is 0 Å². The molecule has 1 heterocycles. The molecule has 0 aliphatic rings. The lowest BCUT2D eigenvalue weighted by Gasteiger charge is -2.15. The van der Waals surface area contributed by atoms with Crippen LogP contribution in [-0.2, 0) is 10.2 Å². The molecular formula is C11H18N4O3S. The zero-order valence-corrected chi connectivity index (χ0v) is 12.2. The highest BCUT2D eigenvalue weighted by molar-refractivity contribution is 7.09. The van der Waals surface area contributed by atoms with Crippen molar-refractivity contribution in [3.8, 4) is 0 Å². The lowest BCUT2D eigenvalue weighted by Crippen LogP contribution is -2.33. The number of aromatic nitrogens is 2. The number of hydrogen-bond donors (Lipinski definition) is 2. The van der Waals surface area contributed by atoms with E-state index < -0.39 is 12.0 Å². The van der Waals surface area contributed by atoms with Crippen molar-refractivity contribution in [2.45, 2.75) is 32.6 Å². The molecule has 0 aliphatic carbocycles. The van der Waals surface area contributed by atoms with Crippen LogP contribution in [0.25, 0.3) is 0 Å². The summed E-state index contributed by atoms with van der Waals surface area (Å²) in [6, 6.07) is -0.391. The van der Waals surface area contributed by atoms with E-state index in [1.54, 1.807) is 0 Å². The number of anilines is 1. The number of carboxylic acids is 1. The van der Waals surface area contributed by atoms with Crippen molar-refractivity contribution in [1.29, 1.82) is 0 Å². The van der Waals surface area contributed by atoms with Gasteiger partial charge in [0, 0.05) is 30.5 Å². The van der Waals surface area contributed by atoms with Gasteiger partial charge in [-0.3, -0.25) is 10.1 Å². The number of urea groups is 1. The maximum absolute atomic E-state index is 11.7. The van der Waals surface area contributed by atoms with Gasteiger partial charge in [-0.2, -0.15) is 4.37 Å². The number of aliphatic carboxylic acids is 1. The number of carbonyl (C=O) groups excluding carboxylic acids is 1. The lowest BCUT2D eigenvalue weighted by atomic mass is 9.96. The summed E-state index contributed by atoms with van der Waals surface area (Å²) < 4.78 is 4.18. The van der Waals surface area contributed by atoms with Crippen molar-refractivity contribution >= 4 is 28.7 Å². The molecule has 106 valence electrons. The summed E-state index contributed by atoms with van der Waals surface area (Å²) >= 11 is 1.11. The van der Waals surface area contributed by atoms with Gasteiger partial charge in [0.25, 0.3) is 0 Å². The summed E-state index contributed by atoms with van der Waals surface area (Å²) in [7, 11) is 1.53. The Labute approximate surface area is 115 Å². The molecule has 2 amide bonds. The average molecular weight is 286 g/mol. The van der Waals surface area contributed by atoms with E-state index in [1.807, 2.05) is 20.8 Å². The van der Waals surface area contributed by atoms with Crippen LogP contribution in [0.1, 0.15) is 33.0 Å². The van der Waals surface area contributed by atoms with Crippen molar-refractivity contribution in [3.05, 3.63) is 5.82 Å². The first-order valence-electron chi connectivity index (χ1n) is 5.78. The highest BCUT2D eigenvalue weighted by Crippen LogP contribution is 2.22. The van der Waals surface area contributed by atoms with E-state index in [0.29, 0.717) is 11.0 Å². The fourth-order valence-corrected chi connectivity index (χ4v) is 1.88. The van der Waals surface area contributed by atoms with Gasteiger partial charge in [0.2, 0.25) is 5.13 Å². The summed E-state index contributed by atoms with van der Waals surface area (Å²) in [6.07, 6.45) is -0.0900. The van der Waals surface area contributed by atoms with Crippen LogP contribution in [0.3, 0.4) is 0 Å². The molecule has 1 aromatic rings. The van der Waals surface area contributed by atoms with Gasteiger partial charge in [-0.05, 0) is 0 Å². The van der Waals surface area contributed by atoms with Crippen molar-refractivity contribution in [1.82, 2.24) is 14.3 Å². The highest BCUT2D eigenvalue weighted by atomic mass is 32.1. The number of rotatable bonds is 4. The van der Waals surface area contributed by atoms with Crippen LogP contribution in [0, 0.1) is 0 Å². The topological polar surface area (TPSA) is 95.4 Å². The standard InChI is InChI=1S/C11H18N4O3S/c1-11(2,3)8-12-9(19-14-8)13-10(18)15(4)6-5-7(16)17/h5-6H2,1-4H3,(H,16,17)(H,12,13,14,18). The number of nitrogens with one attached hydrogen (secondary N) is 1. The van der Waals surface area contributed by atoms with Gasteiger partial charge in [0.15, 0.2) is 0 Å². The van der Waals surface area contributed by atoms with Crippen LogP contribution in [0.15, 0.2) is 0 Å². The zero-order valence-electron chi connectivity index (χ0n) is 11.4. The molecule has 2 N–H and O–H groups in total. The summed E-state index contributed by atoms with van der Waals surface area (Å²) in [5.41, 5.74) is -0.172. The Bertz CT molecular complexity index is 467. The predicted molar refractivity (Wildman–Crippen MR) is 72.5 cm³/mol. The minimum absolute atomic E-state index is 0.0900. The van der Waals surface area contributed by atoms with Crippen molar-refractivity contribution < 1.29 is 14.7 Å². The molecule has 0 aliphatic heterocycles. The minimum Gasteiger partial charge on any atom is -0.481 e. The van der Waals surface area contributed by atoms with E-state index in [9.17, 15) is 9.59 Å². The second-order valence-corrected chi connectivity index (χ2v) is 5.92. The molecule has 8 heteroatoms. The maximum Gasteiger partial charge on any atom is 0.323 e. The van der Waals surface area contributed by atoms with Crippen LogP contribution in [0.2, 0.25) is 0 Å². The number of amides is 2. The van der Waals surface area contributed by atoms with E-state index in [4.69, 9.17) is 5.11 Å². The minimum atomic E-state index is -0.939. The normalized spacial score (nSPS) is 11.2. The van der Waals surface area contributed by atoms with Crippen LogP contribution >= 0.6 is 11.5 Å². The number of nitrogens with zero attached hydrogens (tertiary/aromatic N) is 3. The molecule has 0 saturated heterocycles. The summed E-state index contributed by atoms with van der Waals surface area (Å²) in [4.78, 5) is 27.7. The van der Waals surface area contributed by atoms with Gasteiger partial charge < -0.3 is 10.0 Å². The first-order valence-corrected chi connectivity index (χ1v) is 6.55. The molecule has 0 spiro atoms. The molecule has 7 nitrogen and oxygen atoms in total. The zero-order chi connectivity index (χ0) is 14.6. The predicted octanol–water partition coefficient (Wildman–Crippen LogP) is 1.77. The van der Waals surface area contributed by atoms with Gasteiger partial charge in [-0.15, -0.1) is 0 Å². The fraction of sp³-hybridized carbons (Fsp3) is 0.636. The Kier molecular flexibility index (Phi) is 4.82. The molecule has 1 aromatic heterocycles. The number of hydrogen-bond acceptors (Lipinski definition) is 5. The maximum atomic E-state index is 11.7.